The number of hydrogen-bond acceptors (Lipinski definition) is 4. The normalized spacial score (nSPS) is 16.3. The van der Waals surface area contributed by atoms with Crippen molar-refractivity contribution in [1.82, 2.24) is 9.80 Å². The van der Waals surface area contributed by atoms with Crippen molar-refractivity contribution in [3.63, 3.8) is 0 Å². The van der Waals surface area contributed by atoms with Crippen LogP contribution in [0.2, 0.25) is 0 Å². The van der Waals surface area contributed by atoms with Crippen LogP contribution in [0.1, 0.15) is 34.1 Å². The molecule has 2 amide bonds. The molecule has 2 aromatic carbocycles. The standard InChI is InChI=1S/C23H30N2O4/c1-17(28-20-12-7-10-18-9-5-6-11-19(18)20)21(26)24-13-8-14-25(16-15-24)22(27)29-23(2,3)4/h5-7,9-12,17H,8,13-16H2,1-4H3. The Hall–Kier alpha value is -2.76. The number of nitrogens with zero attached hydrogens (tertiary/aromatic N) is 2. The van der Waals surface area contributed by atoms with Crippen molar-refractivity contribution >= 4 is 22.8 Å². The molecule has 156 valence electrons. The van der Waals surface area contributed by atoms with Gasteiger partial charge >= 0.3 is 6.09 Å². The Morgan fingerprint density at radius 1 is 0.931 bits per heavy atom. The second-order valence-corrected chi connectivity index (χ2v) is 8.38. The SMILES string of the molecule is CC(Oc1cccc2ccccc12)C(=O)N1CCCN(C(=O)OC(C)(C)C)CC1. The molecular formula is C23H30N2O4. The van der Waals surface area contributed by atoms with E-state index in [1.54, 1.807) is 16.7 Å². The third-order valence-corrected chi connectivity index (χ3v) is 4.86. The molecular weight excluding hydrogens is 368 g/mol. The van der Waals surface area contributed by atoms with Crippen molar-refractivity contribution in [2.45, 2.75) is 45.8 Å². The van der Waals surface area contributed by atoms with Crippen LogP contribution in [-0.2, 0) is 9.53 Å². The molecule has 29 heavy (non-hydrogen) atoms. The molecule has 0 bridgehead atoms. The minimum atomic E-state index is -0.603. The first-order valence-corrected chi connectivity index (χ1v) is 10.2. The second kappa shape index (κ2) is 8.72. The van der Waals surface area contributed by atoms with Gasteiger partial charge in [-0.1, -0.05) is 36.4 Å². The summed E-state index contributed by atoms with van der Waals surface area (Å²) in [4.78, 5) is 28.7. The minimum absolute atomic E-state index is 0.0658. The maximum Gasteiger partial charge on any atom is 0.410 e. The van der Waals surface area contributed by atoms with Crippen molar-refractivity contribution in [1.29, 1.82) is 0 Å². The summed E-state index contributed by atoms with van der Waals surface area (Å²) < 4.78 is 11.5. The lowest BCUT2D eigenvalue weighted by Crippen LogP contribution is -2.43. The Morgan fingerprint density at radius 3 is 2.34 bits per heavy atom. The van der Waals surface area contributed by atoms with Crippen molar-refractivity contribution < 1.29 is 19.1 Å². The third kappa shape index (κ3) is 5.40. The molecule has 0 aromatic heterocycles. The smallest absolute Gasteiger partial charge is 0.410 e. The van der Waals surface area contributed by atoms with Crippen molar-refractivity contribution in [3.05, 3.63) is 42.5 Å². The summed E-state index contributed by atoms with van der Waals surface area (Å²) in [6.45, 7) is 9.45. The summed E-state index contributed by atoms with van der Waals surface area (Å²) in [5.41, 5.74) is -0.528. The zero-order chi connectivity index (χ0) is 21.0. The quantitative estimate of drug-likeness (QED) is 0.782. The molecule has 1 unspecified atom stereocenters. The van der Waals surface area contributed by atoms with E-state index in [1.807, 2.05) is 63.2 Å². The third-order valence-electron chi connectivity index (χ3n) is 4.86. The molecule has 0 aliphatic carbocycles. The first-order chi connectivity index (χ1) is 13.7. The molecule has 0 saturated carbocycles. The van der Waals surface area contributed by atoms with E-state index < -0.39 is 11.7 Å². The average Bonchev–Trinajstić information content (AvgIpc) is 2.92. The zero-order valence-electron chi connectivity index (χ0n) is 17.7. The van der Waals surface area contributed by atoms with E-state index in [9.17, 15) is 9.59 Å². The van der Waals surface area contributed by atoms with Gasteiger partial charge in [0, 0.05) is 31.6 Å². The van der Waals surface area contributed by atoms with Crippen LogP contribution in [0.15, 0.2) is 42.5 Å². The maximum absolute atomic E-state index is 13.0. The summed E-state index contributed by atoms with van der Waals surface area (Å²) >= 11 is 0. The molecule has 1 saturated heterocycles. The van der Waals surface area contributed by atoms with E-state index in [0.717, 1.165) is 10.8 Å². The number of hydrogen-bond donors (Lipinski definition) is 0. The van der Waals surface area contributed by atoms with E-state index >= 15 is 0 Å². The van der Waals surface area contributed by atoms with E-state index in [2.05, 4.69) is 0 Å². The highest BCUT2D eigenvalue weighted by atomic mass is 16.6. The molecule has 1 heterocycles. The van der Waals surface area contributed by atoms with Gasteiger partial charge in [0.05, 0.1) is 0 Å². The first-order valence-electron chi connectivity index (χ1n) is 10.2. The van der Waals surface area contributed by atoms with Crippen LogP contribution >= 0.6 is 0 Å². The Kier molecular flexibility index (Phi) is 6.30. The Morgan fingerprint density at radius 2 is 1.59 bits per heavy atom. The van der Waals surface area contributed by atoms with Gasteiger partial charge < -0.3 is 19.3 Å². The van der Waals surface area contributed by atoms with Gasteiger partial charge in [0.1, 0.15) is 11.4 Å². The Bertz CT molecular complexity index is 869. The van der Waals surface area contributed by atoms with Gasteiger partial charge in [-0.15, -0.1) is 0 Å². The highest BCUT2D eigenvalue weighted by Crippen LogP contribution is 2.26. The summed E-state index contributed by atoms with van der Waals surface area (Å²) in [5, 5.41) is 2.06. The number of fused-ring (bicyclic) bond motifs is 1. The van der Waals surface area contributed by atoms with Gasteiger partial charge in [-0.05, 0) is 45.6 Å². The van der Waals surface area contributed by atoms with Crippen LogP contribution in [0.3, 0.4) is 0 Å². The highest BCUT2D eigenvalue weighted by molar-refractivity contribution is 5.89. The number of amides is 2. The lowest BCUT2D eigenvalue weighted by Gasteiger charge is -2.27. The lowest BCUT2D eigenvalue weighted by atomic mass is 10.1. The number of carbonyl (C=O) groups excluding carboxylic acids is 2. The highest BCUT2D eigenvalue weighted by Gasteiger charge is 2.28. The van der Waals surface area contributed by atoms with Crippen LogP contribution < -0.4 is 4.74 Å². The fourth-order valence-corrected chi connectivity index (χ4v) is 3.44. The molecule has 1 atom stereocenters. The topological polar surface area (TPSA) is 59.1 Å². The molecule has 1 fully saturated rings. The van der Waals surface area contributed by atoms with Crippen LogP contribution in [-0.4, -0.2) is 59.7 Å². The maximum atomic E-state index is 13.0. The van der Waals surface area contributed by atoms with E-state index in [1.165, 1.54) is 0 Å². The molecule has 1 aliphatic rings. The number of rotatable bonds is 3. The van der Waals surface area contributed by atoms with Gasteiger partial charge in [0.25, 0.3) is 5.91 Å². The second-order valence-electron chi connectivity index (χ2n) is 8.38. The number of carbonyl (C=O) groups is 2. The summed E-state index contributed by atoms with van der Waals surface area (Å²) in [6.07, 6.45) is -0.216. The molecule has 1 aliphatic heterocycles. The van der Waals surface area contributed by atoms with Gasteiger partial charge in [0.2, 0.25) is 0 Å². The number of benzene rings is 2. The van der Waals surface area contributed by atoms with Gasteiger partial charge in [0.15, 0.2) is 6.10 Å². The fourth-order valence-electron chi connectivity index (χ4n) is 3.44. The molecule has 6 nitrogen and oxygen atoms in total. The first kappa shape index (κ1) is 21.0. The van der Waals surface area contributed by atoms with Gasteiger partial charge in [-0.25, -0.2) is 4.79 Å². The monoisotopic (exact) mass is 398 g/mol. The van der Waals surface area contributed by atoms with E-state index in [-0.39, 0.29) is 12.0 Å². The van der Waals surface area contributed by atoms with Crippen LogP contribution in [0.5, 0.6) is 5.75 Å². The predicted molar refractivity (Wildman–Crippen MR) is 113 cm³/mol. The van der Waals surface area contributed by atoms with Crippen LogP contribution in [0.25, 0.3) is 10.8 Å². The van der Waals surface area contributed by atoms with E-state index in [0.29, 0.717) is 38.3 Å². The lowest BCUT2D eigenvalue weighted by molar-refractivity contribution is -0.137. The van der Waals surface area contributed by atoms with Crippen LogP contribution in [0, 0.1) is 0 Å². The average molecular weight is 399 g/mol. The molecule has 0 radical (unpaired) electrons. The summed E-state index contributed by atoms with van der Waals surface area (Å²) in [6, 6.07) is 13.8. The van der Waals surface area contributed by atoms with Crippen molar-refractivity contribution in [2.75, 3.05) is 26.2 Å². The predicted octanol–water partition coefficient (Wildman–Crippen LogP) is 4.08. The largest absolute Gasteiger partial charge is 0.480 e. The fraction of sp³-hybridized carbons (Fsp3) is 0.478. The molecule has 6 heteroatoms. The molecule has 0 spiro atoms. The van der Waals surface area contributed by atoms with Crippen molar-refractivity contribution in [2.24, 2.45) is 0 Å². The molecule has 0 N–H and O–H groups in total. The van der Waals surface area contributed by atoms with Crippen LogP contribution in [0.4, 0.5) is 4.79 Å². The Labute approximate surface area is 172 Å². The Balaban J connectivity index is 1.62. The molecule has 3 rings (SSSR count). The van der Waals surface area contributed by atoms with Crippen molar-refractivity contribution in [3.8, 4) is 5.75 Å². The minimum Gasteiger partial charge on any atom is -0.480 e. The number of ether oxygens (including phenoxy) is 2. The molecule has 2 aromatic rings. The van der Waals surface area contributed by atoms with E-state index in [4.69, 9.17) is 9.47 Å². The van der Waals surface area contributed by atoms with Gasteiger partial charge in [-0.3, -0.25) is 4.79 Å². The van der Waals surface area contributed by atoms with Gasteiger partial charge in [-0.2, -0.15) is 0 Å². The summed E-state index contributed by atoms with van der Waals surface area (Å²) in [7, 11) is 0. The summed E-state index contributed by atoms with van der Waals surface area (Å²) in [5.74, 6) is 0.637. The zero-order valence-corrected chi connectivity index (χ0v) is 17.7.